The molecule has 2 atom stereocenters. The molecule has 1 aliphatic heterocycles. The zero-order chi connectivity index (χ0) is 25.1. The molecule has 2 amide bonds. The highest BCUT2D eigenvalue weighted by molar-refractivity contribution is 5.91. The number of halogens is 3. The average molecular weight is 479 g/mol. The van der Waals surface area contributed by atoms with Crippen molar-refractivity contribution in [1.82, 2.24) is 4.90 Å². The molecule has 0 saturated carbocycles. The lowest BCUT2D eigenvalue weighted by Gasteiger charge is -2.38. The summed E-state index contributed by atoms with van der Waals surface area (Å²) < 4.78 is 43.8. The molecule has 184 valence electrons. The van der Waals surface area contributed by atoms with Crippen LogP contribution in [0.2, 0.25) is 0 Å². The second-order valence-corrected chi connectivity index (χ2v) is 9.65. The molecule has 0 radical (unpaired) electrons. The van der Waals surface area contributed by atoms with Gasteiger partial charge in [0.15, 0.2) is 0 Å². The van der Waals surface area contributed by atoms with Crippen molar-refractivity contribution < 1.29 is 32.6 Å². The van der Waals surface area contributed by atoms with Gasteiger partial charge in [0.1, 0.15) is 12.7 Å². The number of rotatable bonds is 6. The fraction of sp³-hybridized carbons (Fsp3) is 0.440. The van der Waals surface area contributed by atoms with Gasteiger partial charge in [0, 0.05) is 18.7 Å². The van der Waals surface area contributed by atoms with E-state index in [9.17, 15) is 27.9 Å². The molecule has 1 fully saturated rings. The van der Waals surface area contributed by atoms with Crippen LogP contribution in [0.25, 0.3) is 0 Å². The smallest absolute Gasteiger partial charge is 0.386 e. The topological polar surface area (TPSA) is 78.9 Å². The number of alkyl halides is 3. The van der Waals surface area contributed by atoms with Gasteiger partial charge in [-0.1, -0.05) is 45.0 Å². The van der Waals surface area contributed by atoms with E-state index in [4.69, 9.17) is 4.74 Å². The van der Waals surface area contributed by atoms with Crippen LogP contribution >= 0.6 is 0 Å². The van der Waals surface area contributed by atoms with E-state index < -0.39 is 23.9 Å². The van der Waals surface area contributed by atoms with E-state index in [0.717, 1.165) is 12.1 Å². The number of carbonyl (C=O) groups excluding carboxylic acids is 2. The normalized spacial score (nSPS) is 18.0. The van der Waals surface area contributed by atoms with E-state index in [1.807, 2.05) is 20.8 Å². The summed E-state index contributed by atoms with van der Waals surface area (Å²) in [4.78, 5) is 26.1. The Morgan fingerprint density at radius 1 is 1.12 bits per heavy atom. The minimum atomic E-state index is -4.44. The third kappa shape index (κ3) is 6.80. The molecular formula is C25H29F3N2O4. The third-order valence-corrected chi connectivity index (χ3v) is 5.46. The van der Waals surface area contributed by atoms with Gasteiger partial charge in [0.2, 0.25) is 11.8 Å². The summed E-state index contributed by atoms with van der Waals surface area (Å²) in [6, 6.07) is 10.5. The molecule has 6 nitrogen and oxygen atoms in total. The molecule has 0 aliphatic carbocycles. The Morgan fingerprint density at radius 3 is 2.29 bits per heavy atom. The van der Waals surface area contributed by atoms with Gasteiger partial charge in [-0.3, -0.25) is 9.59 Å². The van der Waals surface area contributed by atoms with Crippen LogP contribution in [0.1, 0.15) is 50.0 Å². The minimum Gasteiger partial charge on any atom is -0.386 e. The van der Waals surface area contributed by atoms with Gasteiger partial charge >= 0.3 is 6.18 Å². The van der Waals surface area contributed by atoms with Crippen molar-refractivity contribution in [3.63, 3.8) is 0 Å². The van der Waals surface area contributed by atoms with E-state index in [0.29, 0.717) is 23.2 Å². The number of nitrogens with zero attached hydrogens (tertiary/aromatic N) is 1. The Bertz CT molecular complexity index is 999. The van der Waals surface area contributed by atoms with Crippen LogP contribution < -0.4 is 5.32 Å². The first-order valence-electron chi connectivity index (χ1n) is 10.9. The van der Waals surface area contributed by atoms with Gasteiger partial charge in [0.05, 0.1) is 18.2 Å². The van der Waals surface area contributed by atoms with E-state index >= 15 is 0 Å². The highest BCUT2D eigenvalue weighted by Crippen LogP contribution is 2.30. The van der Waals surface area contributed by atoms with Crippen molar-refractivity contribution in [1.29, 1.82) is 0 Å². The number of ether oxygens (including phenoxy) is 1. The zero-order valence-corrected chi connectivity index (χ0v) is 19.4. The molecule has 1 aliphatic rings. The highest BCUT2D eigenvalue weighted by Gasteiger charge is 2.35. The highest BCUT2D eigenvalue weighted by atomic mass is 19.4. The number of aliphatic hydroxyl groups excluding tert-OH is 1. The lowest BCUT2D eigenvalue weighted by Crippen LogP contribution is -2.51. The van der Waals surface area contributed by atoms with Crippen molar-refractivity contribution in [3.8, 4) is 0 Å². The summed E-state index contributed by atoms with van der Waals surface area (Å²) >= 11 is 0. The quantitative estimate of drug-likeness (QED) is 0.639. The lowest BCUT2D eigenvalue weighted by molar-refractivity contribution is -0.155. The Hall–Kier alpha value is -2.91. The van der Waals surface area contributed by atoms with E-state index in [1.54, 1.807) is 24.3 Å². The van der Waals surface area contributed by atoms with E-state index in [2.05, 4.69) is 5.32 Å². The average Bonchev–Trinajstić information content (AvgIpc) is 2.73. The summed E-state index contributed by atoms with van der Waals surface area (Å²) in [6.07, 6.45) is -5.17. The van der Waals surface area contributed by atoms with Crippen molar-refractivity contribution in [2.75, 3.05) is 18.5 Å². The van der Waals surface area contributed by atoms with Crippen LogP contribution in [0.5, 0.6) is 0 Å². The predicted octanol–water partition coefficient (Wildman–Crippen LogP) is 4.54. The van der Waals surface area contributed by atoms with Gasteiger partial charge < -0.3 is 20.1 Å². The molecule has 0 unspecified atom stereocenters. The van der Waals surface area contributed by atoms with Gasteiger partial charge in [0.25, 0.3) is 0 Å². The molecule has 9 heteroatoms. The number of amides is 2. The van der Waals surface area contributed by atoms with Crippen molar-refractivity contribution in [3.05, 3.63) is 65.2 Å². The van der Waals surface area contributed by atoms with Crippen LogP contribution in [0, 0.1) is 5.41 Å². The Labute approximate surface area is 196 Å². The van der Waals surface area contributed by atoms with Gasteiger partial charge in [-0.25, -0.2) is 0 Å². The summed E-state index contributed by atoms with van der Waals surface area (Å²) in [5.74, 6) is -0.476. The molecular weight excluding hydrogens is 449 g/mol. The molecule has 34 heavy (non-hydrogen) atoms. The van der Waals surface area contributed by atoms with Crippen LogP contribution in [0.3, 0.4) is 0 Å². The number of benzene rings is 2. The molecule has 2 N–H and O–H groups in total. The lowest BCUT2D eigenvalue weighted by atomic mass is 9.92. The standard InChI is InChI=1S/C25H29F3N2O4/c1-24(2,3)12-21(31)29-19-10-6-17(7-11-19)23(33)20-14-34-15-22(32)30(20)13-16-4-8-18(9-5-16)25(26,27)28/h4-11,20,23,33H,12-15H2,1-3H3,(H,29,31)/t20-,23-/m1/s1. The number of carbonyl (C=O) groups is 2. The number of anilines is 1. The first-order chi connectivity index (χ1) is 15.8. The van der Waals surface area contributed by atoms with Gasteiger partial charge in [-0.05, 0) is 40.8 Å². The first kappa shape index (κ1) is 25.7. The second-order valence-electron chi connectivity index (χ2n) is 9.65. The maximum atomic E-state index is 12.8. The van der Waals surface area contributed by atoms with Crippen LogP contribution in [0.4, 0.5) is 18.9 Å². The van der Waals surface area contributed by atoms with Crippen molar-refractivity contribution in [2.45, 2.75) is 52.1 Å². The second kappa shape index (κ2) is 10.1. The maximum Gasteiger partial charge on any atom is 0.416 e. The molecule has 1 saturated heterocycles. The Kier molecular flexibility index (Phi) is 7.67. The van der Waals surface area contributed by atoms with Crippen molar-refractivity contribution >= 4 is 17.5 Å². The molecule has 0 bridgehead atoms. The molecule has 1 heterocycles. The Balaban J connectivity index is 1.71. The molecule has 0 spiro atoms. The molecule has 2 aromatic rings. The third-order valence-electron chi connectivity index (χ3n) is 5.46. The van der Waals surface area contributed by atoms with Crippen LogP contribution in [0.15, 0.2) is 48.5 Å². The largest absolute Gasteiger partial charge is 0.416 e. The number of nitrogens with one attached hydrogen (secondary N) is 1. The molecule has 2 aromatic carbocycles. The minimum absolute atomic E-state index is 0.0446. The predicted molar refractivity (Wildman–Crippen MR) is 121 cm³/mol. The van der Waals surface area contributed by atoms with E-state index in [1.165, 1.54) is 17.0 Å². The summed E-state index contributed by atoms with van der Waals surface area (Å²) in [5.41, 5.74) is 0.704. The van der Waals surface area contributed by atoms with Gasteiger partial charge in [-0.2, -0.15) is 13.2 Å². The fourth-order valence-corrected chi connectivity index (χ4v) is 3.76. The van der Waals surface area contributed by atoms with Crippen LogP contribution in [-0.4, -0.2) is 41.1 Å². The Morgan fingerprint density at radius 2 is 1.74 bits per heavy atom. The van der Waals surface area contributed by atoms with E-state index in [-0.39, 0.29) is 37.0 Å². The molecule has 0 aromatic heterocycles. The number of hydrogen-bond acceptors (Lipinski definition) is 4. The maximum absolute atomic E-state index is 12.8. The number of hydrogen-bond donors (Lipinski definition) is 2. The zero-order valence-electron chi connectivity index (χ0n) is 19.4. The monoisotopic (exact) mass is 478 g/mol. The number of aliphatic hydroxyl groups is 1. The summed E-state index contributed by atoms with van der Waals surface area (Å²) in [5, 5.41) is 13.8. The number of morpholine rings is 1. The van der Waals surface area contributed by atoms with Crippen molar-refractivity contribution in [2.24, 2.45) is 5.41 Å². The van der Waals surface area contributed by atoms with Crippen LogP contribution in [-0.2, 0) is 27.0 Å². The molecule has 3 rings (SSSR count). The van der Waals surface area contributed by atoms with Gasteiger partial charge in [-0.15, -0.1) is 0 Å². The fourth-order valence-electron chi connectivity index (χ4n) is 3.76. The summed E-state index contributed by atoms with van der Waals surface area (Å²) in [6.45, 7) is 5.87. The first-order valence-corrected chi connectivity index (χ1v) is 10.9. The summed E-state index contributed by atoms with van der Waals surface area (Å²) in [7, 11) is 0. The SMILES string of the molecule is CC(C)(C)CC(=O)Nc1ccc([C@@H](O)[C@H]2COCC(=O)N2Cc2ccc(C(F)(F)F)cc2)cc1.